The normalized spacial score (nSPS) is 12.2. The Hall–Kier alpha value is -2.24. The summed E-state index contributed by atoms with van der Waals surface area (Å²) in [5.74, 6) is 0.468. The van der Waals surface area contributed by atoms with Crippen LogP contribution in [0.2, 0.25) is 0 Å². The predicted molar refractivity (Wildman–Crippen MR) is 91.7 cm³/mol. The van der Waals surface area contributed by atoms with Crippen molar-refractivity contribution in [1.29, 1.82) is 0 Å². The molecule has 1 rings (SSSR count). The van der Waals surface area contributed by atoms with E-state index >= 15 is 0 Å². The molecule has 0 saturated carbocycles. The molecule has 23 heavy (non-hydrogen) atoms. The fourth-order valence-electron chi connectivity index (χ4n) is 1.79. The summed E-state index contributed by atoms with van der Waals surface area (Å²) in [6.07, 6.45) is 0.915. The van der Waals surface area contributed by atoms with Crippen LogP contribution in [0.4, 0.5) is 10.5 Å². The van der Waals surface area contributed by atoms with E-state index < -0.39 is 12.1 Å². The molecule has 1 aromatic carbocycles. The van der Waals surface area contributed by atoms with Crippen LogP contribution < -0.4 is 20.7 Å². The summed E-state index contributed by atoms with van der Waals surface area (Å²) in [5.41, 5.74) is 0.272. The zero-order valence-electron chi connectivity index (χ0n) is 14.5. The van der Waals surface area contributed by atoms with Crippen molar-refractivity contribution in [1.82, 2.24) is 10.6 Å². The summed E-state index contributed by atoms with van der Waals surface area (Å²) in [6, 6.07) is 6.07. The number of carbonyl (C=O) groups excluding carboxylic acids is 2. The topological polar surface area (TPSA) is 79.5 Å². The molecule has 1 atom stereocenters. The minimum Gasteiger partial charge on any atom is -0.494 e. The van der Waals surface area contributed by atoms with E-state index in [1.54, 1.807) is 25.1 Å². The van der Waals surface area contributed by atoms with E-state index in [0.29, 0.717) is 18.0 Å². The van der Waals surface area contributed by atoms with Crippen LogP contribution in [-0.4, -0.2) is 30.1 Å². The molecule has 3 amide bonds. The van der Waals surface area contributed by atoms with Gasteiger partial charge >= 0.3 is 6.03 Å². The molecular formula is C17H27N3O3. The van der Waals surface area contributed by atoms with Gasteiger partial charge in [0.15, 0.2) is 0 Å². The second-order valence-corrected chi connectivity index (χ2v) is 6.44. The number of hydrogen-bond donors (Lipinski definition) is 3. The number of urea groups is 1. The lowest BCUT2D eigenvalue weighted by atomic mass is 10.1. The zero-order valence-corrected chi connectivity index (χ0v) is 14.5. The molecule has 0 radical (unpaired) electrons. The third-order valence-corrected chi connectivity index (χ3v) is 2.80. The summed E-state index contributed by atoms with van der Waals surface area (Å²) in [6.45, 7) is 9.96. The first-order valence-corrected chi connectivity index (χ1v) is 7.83. The first-order chi connectivity index (χ1) is 10.7. The molecule has 1 unspecified atom stereocenters. The van der Waals surface area contributed by atoms with Gasteiger partial charge < -0.3 is 20.7 Å². The number of nitrogens with one attached hydrogen (secondary N) is 3. The smallest absolute Gasteiger partial charge is 0.319 e. The molecule has 3 N–H and O–H groups in total. The van der Waals surface area contributed by atoms with E-state index in [0.717, 1.165) is 6.42 Å². The largest absolute Gasteiger partial charge is 0.494 e. The number of hydrogen-bond acceptors (Lipinski definition) is 3. The van der Waals surface area contributed by atoms with Crippen LogP contribution in [0.1, 0.15) is 41.0 Å². The van der Waals surface area contributed by atoms with Gasteiger partial charge in [0.2, 0.25) is 5.91 Å². The van der Waals surface area contributed by atoms with Crippen molar-refractivity contribution in [3.05, 3.63) is 24.3 Å². The van der Waals surface area contributed by atoms with Gasteiger partial charge in [-0.25, -0.2) is 4.79 Å². The fraction of sp³-hybridized carbons (Fsp3) is 0.529. The average Bonchev–Trinajstić information content (AvgIpc) is 2.43. The lowest BCUT2D eigenvalue weighted by Crippen LogP contribution is -2.51. The summed E-state index contributed by atoms with van der Waals surface area (Å²) >= 11 is 0. The number of amides is 3. The van der Waals surface area contributed by atoms with Crippen LogP contribution in [0.25, 0.3) is 0 Å². The van der Waals surface area contributed by atoms with E-state index in [9.17, 15) is 9.59 Å². The van der Waals surface area contributed by atoms with E-state index in [4.69, 9.17) is 4.74 Å². The van der Waals surface area contributed by atoms with Gasteiger partial charge in [0.05, 0.1) is 6.61 Å². The van der Waals surface area contributed by atoms with Gasteiger partial charge in [0.25, 0.3) is 0 Å². The van der Waals surface area contributed by atoms with Crippen molar-refractivity contribution in [3.63, 3.8) is 0 Å². The number of anilines is 1. The molecule has 0 aliphatic carbocycles. The average molecular weight is 321 g/mol. The highest BCUT2D eigenvalue weighted by atomic mass is 16.5. The van der Waals surface area contributed by atoms with Crippen molar-refractivity contribution < 1.29 is 14.3 Å². The van der Waals surface area contributed by atoms with E-state index in [1.807, 2.05) is 33.8 Å². The second kappa shape index (κ2) is 8.41. The minimum absolute atomic E-state index is 0.229. The monoisotopic (exact) mass is 321 g/mol. The van der Waals surface area contributed by atoms with Crippen LogP contribution in [0.3, 0.4) is 0 Å². The van der Waals surface area contributed by atoms with Crippen LogP contribution in [-0.2, 0) is 4.79 Å². The summed E-state index contributed by atoms with van der Waals surface area (Å²) in [5, 5.41) is 8.13. The summed E-state index contributed by atoms with van der Waals surface area (Å²) in [4.78, 5) is 23.9. The lowest BCUT2D eigenvalue weighted by Gasteiger charge is -2.23. The van der Waals surface area contributed by atoms with E-state index in [1.165, 1.54) is 0 Å². The van der Waals surface area contributed by atoms with Gasteiger partial charge in [-0.3, -0.25) is 4.79 Å². The predicted octanol–water partition coefficient (Wildman–Crippen LogP) is 2.90. The first kappa shape index (κ1) is 18.8. The molecule has 128 valence electrons. The Bertz CT molecular complexity index is 538. The number of rotatable bonds is 6. The Morgan fingerprint density at radius 2 is 1.96 bits per heavy atom. The molecule has 6 nitrogen and oxygen atoms in total. The molecule has 0 saturated heterocycles. The molecule has 0 aliphatic rings. The molecule has 0 bridgehead atoms. The molecule has 0 aliphatic heterocycles. The molecule has 0 fully saturated rings. The molecule has 0 heterocycles. The van der Waals surface area contributed by atoms with E-state index in [2.05, 4.69) is 16.0 Å². The fourth-order valence-corrected chi connectivity index (χ4v) is 1.79. The van der Waals surface area contributed by atoms with Gasteiger partial charge in [-0.1, -0.05) is 13.0 Å². The van der Waals surface area contributed by atoms with Gasteiger partial charge in [0.1, 0.15) is 11.8 Å². The minimum atomic E-state index is -0.631. The number of carbonyl (C=O) groups is 2. The van der Waals surface area contributed by atoms with Crippen molar-refractivity contribution >= 4 is 17.6 Å². The molecule has 6 heteroatoms. The molecular weight excluding hydrogens is 294 g/mol. The molecule has 1 aromatic rings. The Labute approximate surface area is 138 Å². The molecule has 0 spiro atoms. The number of ether oxygens (including phenoxy) is 1. The second-order valence-electron chi connectivity index (χ2n) is 6.44. The summed E-state index contributed by atoms with van der Waals surface area (Å²) < 4.78 is 5.52. The third-order valence-electron chi connectivity index (χ3n) is 2.80. The highest BCUT2D eigenvalue weighted by Crippen LogP contribution is 2.17. The van der Waals surface area contributed by atoms with Crippen LogP contribution >= 0.6 is 0 Å². The van der Waals surface area contributed by atoms with Crippen LogP contribution in [0, 0.1) is 0 Å². The van der Waals surface area contributed by atoms with Gasteiger partial charge in [0, 0.05) is 17.3 Å². The first-order valence-electron chi connectivity index (χ1n) is 7.83. The third kappa shape index (κ3) is 7.54. The van der Waals surface area contributed by atoms with Gasteiger partial charge in [-0.2, -0.15) is 0 Å². The Balaban J connectivity index is 2.54. The Morgan fingerprint density at radius 3 is 2.57 bits per heavy atom. The maximum Gasteiger partial charge on any atom is 0.319 e. The lowest BCUT2D eigenvalue weighted by molar-refractivity contribution is -0.123. The Morgan fingerprint density at radius 1 is 1.26 bits per heavy atom. The quantitative estimate of drug-likeness (QED) is 0.754. The highest BCUT2D eigenvalue weighted by molar-refractivity contribution is 5.93. The standard InChI is InChI=1S/C17H27N3O3/c1-6-10-23-14-9-7-8-13(11-14)19-16(22)18-12(2)15(21)20-17(3,4)5/h7-9,11-12H,6,10H2,1-5H3,(H,20,21)(H2,18,19,22). The van der Waals surface area contributed by atoms with Gasteiger partial charge in [-0.05, 0) is 46.2 Å². The zero-order chi connectivity index (χ0) is 17.5. The maximum atomic E-state index is 12.0. The van der Waals surface area contributed by atoms with E-state index in [-0.39, 0.29) is 11.4 Å². The van der Waals surface area contributed by atoms with Crippen molar-refractivity contribution in [2.75, 3.05) is 11.9 Å². The maximum absolute atomic E-state index is 12.0. The van der Waals surface area contributed by atoms with Gasteiger partial charge in [-0.15, -0.1) is 0 Å². The molecule has 0 aromatic heterocycles. The number of benzene rings is 1. The highest BCUT2D eigenvalue weighted by Gasteiger charge is 2.20. The van der Waals surface area contributed by atoms with Crippen molar-refractivity contribution in [3.8, 4) is 5.75 Å². The van der Waals surface area contributed by atoms with Crippen molar-refractivity contribution in [2.24, 2.45) is 0 Å². The Kier molecular flexibility index (Phi) is 6.88. The van der Waals surface area contributed by atoms with Crippen LogP contribution in [0.15, 0.2) is 24.3 Å². The van der Waals surface area contributed by atoms with Crippen LogP contribution in [0.5, 0.6) is 5.75 Å². The van der Waals surface area contributed by atoms with Crippen molar-refractivity contribution in [2.45, 2.75) is 52.6 Å². The SMILES string of the molecule is CCCOc1cccc(NC(=O)NC(C)C(=O)NC(C)(C)C)c1. The summed E-state index contributed by atoms with van der Waals surface area (Å²) in [7, 11) is 0.